The van der Waals surface area contributed by atoms with Crippen LogP contribution in [0.2, 0.25) is 5.02 Å². The predicted octanol–water partition coefficient (Wildman–Crippen LogP) is 3.07. The lowest BCUT2D eigenvalue weighted by molar-refractivity contribution is -0.124. The van der Waals surface area contributed by atoms with Gasteiger partial charge >= 0.3 is 5.97 Å². The van der Waals surface area contributed by atoms with E-state index in [1.165, 1.54) is 11.8 Å². The summed E-state index contributed by atoms with van der Waals surface area (Å²) in [5.74, 6) is -1.10. The fourth-order valence-electron chi connectivity index (χ4n) is 1.76. The number of pyridine rings is 1. The summed E-state index contributed by atoms with van der Waals surface area (Å²) in [5.41, 5.74) is 0.271. The average molecular weight is 376 g/mol. The maximum Gasteiger partial charge on any atom is 0.341 e. The van der Waals surface area contributed by atoms with Gasteiger partial charge in [-0.3, -0.25) is 4.79 Å². The summed E-state index contributed by atoms with van der Waals surface area (Å²) in [6.07, 6.45) is 1.77. The first-order chi connectivity index (χ1) is 12.1. The van der Waals surface area contributed by atoms with Crippen molar-refractivity contribution in [2.45, 2.75) is 16.3 Å². The fourth-order valence-corrected chi connectivity index (χ4v) is 2.76. The lowest BCUT2D eigenvalue weighted by Gasteiger charge is -2.08. The third-order valence-electron chi connectivity index (χ3n) is 2.91. The van der Waals surface area contributed by atoms with Crippen molar-refractivity contribution in [3.05, 3.63) is 53.2 Å². The summed E-state index contributed by atoms with van der Waals surface area (Å²) in [6.45, 7) is -0.193. The molecule has 1 N–H and O–H groups in total. The van der Waals surface area contributed by atoms with Crippen LogP contribution in [-0.4, -0.2) is 30.0 Å². The van der Waals surface area contributed by atoms with Crippen molar-refractivity contribution in [3.8, 4) is 6.07 Å². The van der Waals surface area contributed by atoms with E-state index in [4.69, 9.17) is 21.6 Å². The zero-order valence-electron chi connectivity index (χ0n) is 13.1. The quantitative estimate of drug-likeness (QED) is 0.590. The summed E-state index contributed by atoms with van der Waals surface area (Å²) < 4.78 is 5.01. The molecule has 0 aliphatic carbocycles. The molecule has 1 aromatic carbocycles. The molecule has 2 aromatic rings. The molecule has 6 nitrogen and oxygen atoms in total. The van der Waals surface area contributed by atoms with Gasteiger partial charge in [-0.15, -0.1) is 0 Å². The number of carbonyl (C=O) groups is 2. The van der Waals surface area contributed by atoms with Gasteiger partial charge in [-0.1, -0.05) is 23.4 Å². The third kappa shape index (κ3) is 6.10. The first-order valence-corrected chi connectivity index (χ1v) is 8.49. The Morgan fingerprint density at radius 1 is 1.28 bits per heavy atom. The monoisotopic (exact) mass is 375 g/mol. The van der Waals surface area contributed by atoms with Gasteiger partial charge in [-0.05, 0) is 36.4 Å². The van der Waals surface area contributed by atoms with E-state index in [1.807, 2.05) is 18.2 Å². The van der Waals surface area contributed by atoms with E-state index < -0.39 is 18.5 Å². The molecule has 25 heavy (non-hydrogen) atoms. The third-order valence-corrected chi connectivity index (χ3v) is 4.19. The summed E-state index contributed by atoms with van der Waals surface area (Å²) >= 11 is 7.15. The maximum atomic E-state index is 12.2. The van der Waals surface area contributed by atoms with Crippen LogP contribution in [0.1, 0.15) is 16.8 Å². The Bertz CT molecular complexity index is 790. The average Bonchev–Trinajstić information content (AvgIpc) is 2.62. The molecule has 1 amide bonds. The molecule has 0 saturated heterocycles. The standard InChI is InChI=1S/C17H14ClN3O3S/c18-12-4-6-13(7-5-12)25-16-14(3-1-9-21-16)17(23)24-11-15(22)20-10-2-8-19/h1,3-7,9H,2,10-11H2,(H,20,22). The molecule has 2 rings (SSSR count). The summed E-state index contributed by atoms with van der Waals surface area (Å²) in [4.78, 5) is 28.8. The highest BCUT2D eigenvalue weighted by Gasteiger charge is 2.16. The van der Waals surface area contributed by atoms with Gasteiger partial charge in [0, 0.05) is 22.7 Å². The van der Waals surface area contributed by atoms with Gasteiger partial charge in [0.05, 0.1) is 18.1 Å². The number of aromatic nitrogens is 1. The van der Waals surface area contributed by atoms with Gasteiger partial charge in [0.2, 0.25) is 0 Å². The van der Waals surface area contributed by atoms with Crippen LogP contribution in [0.5, 0.6) is 0 Å². The predicted molar refractivity (Wildman–Crippen MR) is 93.3 cm³/mol. The number of benzene rings is 1. The number of carbonyl (C=O) groups excluding carboxylic acids is 2. The molecule has 0 atom stereocenters. The Morgan fingerprint density at radius 3 is 2.76 bits per heavy atom. The van der Waals surface area contributed by atoms with Crippen LogP contribution in [0.25, 0.3) is 0 Å². The van der Waals surface area contributed by atoms with Gasteiger partial charge in [0.25, 0.3) is 5.91 Å². The van der Waals surface area contributed by atoms with E-state index in [0.29, 0.717) is 10.0 Å². The molecule has 0 radical (unpaired) electrons. The van der Waals surface area contributed by atoms with Crippen LogP contribution in [0.3, 0.4) is 0 Å². The van der Waals surface area contributed by atoms with Crippen molar-refractivity contribution in [1.82, 2.24) is 10.3 Å². The Kier molecular flexibility index (Phi) is 7.26. The highest BCUT2D eigenvalue weighted by atomic mass is 35.5. The molecule has 0 aliphatic rings. The number of hydrogen-bond acceptors (Lipinski definition) is 6. The zero-order chi connectivity index (χ0) is 18.1. The minimum Gasteiger partial charge on any atom is -0.452 e. The van der Waals surface area contributed by atoms with Gasteiger partial charge in [-0.2, -0.15) is 5.26 Å². The van der Waals surface area contributed by atoms with Crippen LogP contribution in [0, 0.1) is 11.3 Å². The summed E-state index contributed by atoms with van der Waals surface area (Å²) in [5, 5.41) is 12.0. The van der Waals surface area contributed by atoms with E-state index >= 15 is 0 Å². The van der Waals surface area contributed by atoms with Crippen LogP contribution < -0.4 is 5.32 Å². The second-order valence-corrected chi connectivity index (χ2v) is 6.24. The highest BCUT2D eigenvalue weighted by molar-refractivity contribution is 7.99. The molecule has 0 aliphatic heterocycles. The van der Waals surface area contributed by atoms with Gasteiger partial charge < -0.3 is 10.1 Å². The normalized spacial score (nSPS) is 9.92. The molecular formula is C17H14ClN3O3S. The topological polar surface area (TPSA) is 92.1 Å². The van der Waals surface area contributed by atoms with Gasteiger partial charge in [0.1, 0.15) is 5.03 Å². The SMILES string of the molecule is N#CCCNC(=O)COC(=O)c1cccnc1Sc1ccc(Cl)cc1. The lowest BCUT2D eigenvalue weighted by Crippen LogP contribution is -2.29. The van der Waals surface area contributed by atoms with Crippen molar-refractivity contribution in [2.75, 3.05) is 13.2 Å². The number of esters is 1. The number of rotatable bonds is 7. The van der Waals surface area contributed by atoms with E-state index in [1.54, 1.807) is 30.5 Å². The summed E-state index contributed by atoms with van der Waals surface area (Å²) in [6, 6.07) is 12.2. The minimum absolute atomic E-state index is 0.199. The Morgan fingerprint density at radius 2 is 2.04 bits per heavy atom. The fraction of sp³-hybridized carbons (Fsp3) is 0.176. The largest absolute Gasteiger partial charge is 0.452 e. The zero-order valence-corrected chi connectivity index (χ0v) is 14.6. The van der Waals surface area contributed by atoms with E-state index in [-0.39, 0.29) is 18.5 Å². The molecule has 1 aromatic heterocycles. The van der Waals surface area contributed by atoms with Crippen molar-refractivity contribution >= 4 is 35.2 Å². The molecular weight excluding hydrogens is 362 g/mol. The number of amides is 1. The number of nitriles is 1. The molecule has 0 fully saturated rings. The van der Waals surface area contributed by atoms with E-state index in [9.17, 15) is 9.59 Å². The second-order valence-electron chi connectivity index (χ2n) is 4.75. The van der Waals surface area contributed by atoms with Gasteiger partial charge in [-0.25, -0.2) is 9.78 Å². The first kappa shape index (κ1) is 18.8. The Hall–Kier alpha value is -2.56. The number of hydrogen-bond donors (Lipinski definition) is 1. The van der Waals surface area contributed by atoms with Crippen molar-refractivity contribution in [2.24, 2.45) is 0 Å². The van der Waals surface area contributed by atoms with Crippen LogP contribution >= 0.6 is 23.4 Å². The second kappa shape index (κ2) is 9.67. The van der Waals surface area contributed by atoms with Crippen LogP contribution in [0.15, 0.2) is 52.5 Å². The van der Waals surface area contributed by atoms with E-state index in [0.717, 1.165) is 4.90 Å². The molecule has 0 unspecified atom stereocenters. The maximum absolute atomic E-state index is 12.2. The van der Waals surface area contributed by atoms with Crippen LogP contribution in [-0.2, 0) is 9.53 Å². The highest BCUT2D eigenvalue weighted by Crippen LogP contribution is 2.29. The number of ether oxygens (including phenoxy) is 1. The van der Waals surface area contributed by atoms with Crippen molar-refractivity contribution in [3.63, 3.8) is 0 Å². The number of nitrogens with zero attached hydrogens (tertiary/aromatic N) is 2. The molecule has 1 heterocycles. The molecule has 0 saturated carbocycles. The van der Waals surface area contributed by atoms with Crippen molar-refractivity contribution < 1.29 is 14.3 Å². The van der Waals surface area contributed by atoms with E-state index in [2.05, 4.69) is 10.3 Å². The minimum atomic E-state index is -0.639. The van der Waals surface area contributed by atoms with Crippen LogP contribution in [0.4, 0.5) is 0 Å². The molecule has 0 spiro atoms. The first-order valence-electron chi connectivity index (χ1n) is 7.29. The molecule has 128 valence electrons. The Balaban J connectivity index is 1.99. The Labute approximate surface area is 154 Å². The summed E-state index contributed by atoms with van der Waals surface area (Å²) in [7, 11) is 0. The van der Waals surface area contributed by atoms with Crippen molar-refractivity contribution in [1.29, 1.82) is 5.26 Å². The molecule has 0 bridgehead atoms. The number of halogens is 1. The van der Waals surface area contributed by atoms with Gasteiger partial charge in [0.15, 0.2) is 6.61 Å². The number of nitrogens with one attached hydrogen (secondary N) is 1. The smallest absolute Gasteiger partial charge is 0.341 e. The molecule has 8 heteroatoms. The lowest BCUT2D eigenvalue weighted by atomic mass is 10.3.